The van der Waals surface area contributed by atoms with Crippen LogP contribution in [0.25, 0.3) is 0 Å². The van der Waals surface area contributed by atoms with Crippen LogP contribution in [-0.2, 0) is 4.79 Å². The average molecular weight is 453 g/mol. The van der Waals surface area contributed by atoms with E-state index in [9.17, 15) is 15.0 Å². The van der Waals surface area contributed by atoms with Crippen molar-refractivity contribution in [3.05, 3.63) is 29.8 Å². The Morgan fingerprint density at radius 3 is 2.39 bits per heavy atom. The predicted octanol–water partition coefficient (Wildman–Crippen LogP) is 5.06. The van der Waals surface area contributed by atoms with Gasteiger partial charge in [-0.2, -0.15) is 11.8 Å². The van der Waals surface area contributed by atoms with Gasteiger partial charge in [-0.1, -0.05) is 37.5 Å². The van der Waals surface area contributed by atoms with Gasteiger partial charge in [0.15, 0.2) is 0 Å². The molecular weight excluding hydrogens is 412 g/mol. The smallest absolute Gasteiger partial charge is 0.303 e. The molecule has 6 atom stereocenters. The lowest BCUT2D eigenvalue weighted by atomic mass is 9.85. The first-order chi connectivity index (χ1) is 14.8. The van der Waals surface area contributed by atoms with Crippen LogP contribution in [0.2, 0.25) is 0 Å². The maximum atomic E-state index is 10.6. The molecule has 0 spiro atoms. The number of rotatable bonds is 14. The highest BCUT2D eigenvalue weighted by Crippen LogP contribution is 2.40. The van der Waals surface area contributed by atoms with E-state index in [1.54, 1.807) is 11.8 Å². The second-order valence-electron chi connectivity index (χ2n) is 8.98. The average Bonchev–Trinajstić information content (AvgIpc) is 2.99. The molecule has 176 valence electrons. The number of hydrogen-bond acceptors (Lipinski definition) is 5. The highest BCUT2D eigenvalue weighted by Gasteiger charge is 2.41. The van der Waals surface area contributed by atoms with Crippen molar-refractivity contribution in [1.29, 1.82) is 0 Å². The molecule has 1 aliphatic rings. The number of aliphatic carboxylic acids is 1. The fourth-order valence-electron chi connectivity index (χ4n) is 4.86. The van der Waals surface area contributed by atoms with Gasteiger partial charge in [0, 0.05) is 11.7 Å². The van der Waals surface area contributed by atoms with Gasteiger partial charge in [0.1, 0.15) is 11.9 Å². The molecule has 1 aromatic carbocycles. The molecule has 6 heteroatoms. The minimum atomic E-state index is -0.738. The van der Waals surface area contributed by atoms with Crippen LogP contribution in [0.3, 0.4) is 0 Å². The number of unbranched alkanes of at least 4 members (excludes halogenated alkanes) is 3. The Balaban J connectivity index is 1.83. The third kappa shape index (κ3) is 8.32. The van der Waals surface area contributed by atoms with Gasteiger partial charge >= 0.3 is 5.97 Å². The lowest BCUT2D eigenvalue weighted by Gasteiger charge is -2.28. The van der Waals surface area contributed by atoms with Crippen molar-refractivity contribution >= 4 is 17.7 Å². The molecule has 0 bridgehead atoms. The van der Waals surface area contributed by atoms with Crippen molar-refractivity contribution in [2.75, 3.05) is 6.26 Å². The first-order valence-corrected chi connectivity index (χ1v) is 12.9. The summed E-state index contributed by atoms with van der Waals surface area (Å²) in [6.07, 6.45) is 8.28. The molecule has 31 heavy (non-hydrogen) atoms. The third-order valence-electron chi connectivity index (χ3n) is 6.72. The Hall–Kier alpha value is -1.24. The first-order valence-electron chi connectivity index (χ1n) is 11.7. The number of ether oxygens (including phenoxy) is 1. The predicted molar refractivity (Wildman–Crippen MR) is 127 cm³/mol. The van der Waals surface area contributed by atoms with E-state index in [4.69, 9.17) is 9.84 Å². The van der Waals surface area contributed by atoms with E-state index in [2.05, 4.69) is 26.2 Å². The molecule has 0 heterocycles. The van der Waals surface area contributed by atoms with Gasteiger partial charge < -0.3 is 20.1 Å². The molecule has 2 rings (SSSR count). The molecule has 5 nitrogen and oxygen atoms in total. The molecule has 0 aliphatic heterocycles. The summed E-state index contributed by atoms with van der Waals surface area (Å²) in [6.45, 7) is 4.17. The van der Waals surface area contributed by atoms with Gasteiger partial charge in [-0.15, -0.1) is 0 Å². The maximum absolute atomic E-state index is 10.6. The highest BCUT2D eigenvalue weighted by molar-refractivity contribution is 7.99. The molecular formula is C25H40O5S. The summed E-state index contributed by atoms with van der Waals surface area (Å²) in [5.74, 6) is 0.434. The topological polar surface area (TPSA) is 87.0 Å². The second kappa shape index (κ2) is 13.3. The zero-order valence-electron chi connectivity index (χ0n) is 19.2. The van der Waals surface area contributed by atoms with E-state index in [0.717, 1.165) is 49.8 Å². The van der Waals surface area contributed by atoms with Crippen LogP contribution in [0, 0.1) is 18.8 Å². The molecule has 0 amide bonds. The molecule has 0 aromatic heterocycles. The van der Waals surface area contributed by atoms with Crippen molar-refractivity contribution in [2.45, 2.75) is 95.2 Å². The van der Waals surface area contributed by atoms with E-state index in [1.807, 2.05) is 18.2 Å². The Labute approximate surface area is 191 Å². The van der Waals surface area contributed by atoms with Gasteiger partial charge in [-0.05, 0) is 75.7 Å². The van der Waals surface area contributed by atoms with Gasteiger partial charge in [0.2, 0.25) is 0 Å². The van der Waals surface area contributed by atoms with E-state index < -0.39 is 18.2 Å². The largest absolute Gasteiger partial charge is 0.489 e. The lowest BCUT2D eigenvalue weighted by molar-refractivity contribution is -0.137. The van der Waals surface area contributed by atoms with E-state index in [-0.39, 0.29) is 24.4 Å². The van der Waals surface area contributed by atoms with Gasteiger partial charge in [0.25, 0.3) is 0 Å². The summed E-state index contributed by atoms with van der Waals surface area (Å²) in [4.78, 5) is 10.6. The van der Waals surface area contributed by atoms with Gasteiger partial charge in [0.05, 0.1) is 12.2 Å². The number of hydrogen-bond donors (Lipinski definition) is 3. The number of carboxylic acid groups (broad SMARTS) is 1. The number of aryl methyl sites for hydroxylation is 1. The number of carbonyl (C=O) groups is 1. The summed E-state index contributed by atoms with van der Waals surface area (Å²) in [7, 11) is 0. The molecule has 1 fully saturated rings. The molecule has 0 radical (unpaired) electrons. The normalized spacial score (nSPS) is 25.3. The number of thioether (sulfide) groups is 1. The summed E-state index contributed by atoms with van der Waals surface area (Å²) in [6, 6.07) is 8.06. The molecule has 1 aromatic rings. The van der Waals surface area contributed by atoms with E-state index in [0.29, 0.717) is 18.1 Å². The van der Waals surface area contributed by atoms with E-state index in [1.165, 1.54) is 0 Å². The minimum Gasteiger partial charge on any atom is -0.489 e. The Bertz CT molecular complexity index is 667. The molecule has 1 saturated carbocycles. The van der Waals surface area contributed by atoms with Crippen LogP contribution in [0.5, 0.6) is 5.75 Å². The summed E-state index contributed by atoms with van der Waals surface area (Å²) in [5, 5.41) is 30.1. The highest BCUT2D eigenvalue weighted by atomic mass is 32.2. The van der Waals surface area contributed by atoms with Crippen molar-refractivity contribution in [3.8, 4) is 5.75 Å². The molecule has 3 N–H and O–H groups in total. The lowest BCUT2D eigenvalue weighted by Crippen LogP contribution is -2.29. The molecule has 1 aliphatic carbocycles. The molecule has 6 unspecified atom stereocenters. The van der Waals surface area contributed by atoms with Gasteiger partial charge in [-0.3, -0.25) is 4.79 Å². The van der Waals surface area contributed by atoms with Crippen LogP contribution in [0.15, 0.2) is 24.3 Å². The number of benzene rings is 1. The van der Waals surface area contributed by atoms with E-state index >= 15 is 0 Å². The monoisotopic (exact) mass is 452 g/mol. The standard InChI is InChI=1S/C25H40O5S/c1-17-10-8-9-12-23(17)30-18(2)24(31-3)15-14-20-19(21(26)16-22(20)27)11-6-4-5-7-13-25(28)29/h8-10,12,18-22,24,26-27H,4-7,11,13-16H2,1-3H3,(H,28,29). The van der Waals surface area contributed by atoms with Crippen molar-refractivity contribution < 1.29 is 24.9 Å². The van der Waals surface area contributed by atoms with Crippen molar-refractivity contribution in [2.24, 2.45) is 11.8 Å². The third-order valence-corrected chi connectivity index (χ3v) is 7.94. The van der Waals surface area contributed by atoms with Gasteiger partial charge in [-0.25, -0.2) is 0 Å². The molecule has 0 saturated heterocycles. The number of para-hydroxylation sites is 1. The zero-order valence-corrected chi connectivity index (χ0v) is 20.0. The number of aliphatic hydroxyl groups is 2. The summed E-state index contributed by atoms with van der Waals surface area (Å²) < 4.78 is 6.23. The Morgan fingerprint density at radius 1 is 1.10 bits per heavy atom. The van der Waals surface area contributed by atoms with Crippen LogP contribution >= 0.6 is 11.8 Å². The van der Waals surface area contributed by atoms with Crippen molar-refractivity contribution in [1.82, 2.24) is 0 Å². The summed E-state index contributed by atoms with van der Waals surface area (Å²) in [5.41, 5.74) is 1.13. The number of aliphatic hydroxyl groups excluding tert-OH is 2. The van der Waals surface area contributed by atoms with Crippen LogP contribution in [0.4, 0.5) is 0 Å². The SMILES string of the molecule is CSC(CCC1C(O)CC(O)C1CCCCCCC(=O)O)C(C)Oc1ccccc1C. The minimum absolute atomic E-state index is 0.0623. The van der Waals surface area contributed by atoms with Crippen molar-refractivity contribution in [3.63, 3.8) is 0 Å². The Morgan fingerprint density at radius 2 is 1.74 bits per heavy atom. The first kappa shape index (κ1) is 26.0. The maximum Gasteiger partial charge on any atom is 0.303 e. The fraction of sp³-hybridized carbons (Fsp3) is 0.720. The number of carboxylic acids is 1. The van der Waals surface area contributed by atoms with Crippen LogP contribution in [0.1, 0.15) is 70.3 Å². The van der Waals surface area contributed by atoms with Crippen LogP contribution < -0.4 is 4.74 Å². The second-order valence-corrected chi connectivity index (χ2v) is 10.1. The Kier molecular flexibility index (Phi) is 11.2. The zero-order chi connectivity index (χ0) is 22.8. The quantitative estimate of drug-likeness (QED) is 0.342. The summed E-state index contributed by atoms with van der Waals surface area (Å²) >= 11 is 1.80. The fourth-order valence-corrected chi connectivity index (χ4v) is 5.67. The van der Waals surface area contributed by atoms with Crippen LogP contribution in [-0.4, -0.2) is 51.1 Å².